The summed E-state index contributed by atoms with van der Waals surface area (Å²) in [6.45, 7) is 0. The van der Waals surface area contributed by atoms with E-state index in [1.165, 1.54) is 75.9 Å². The Hall–Kier alpha value is -4.73. The number of aromatic nitrogens is 2. The summed E-state index contributed by atoms with van der Waals surface area (Å²) in [5.41, 5.74) is 9.99. The lowest BCUT2D eigenvalue weighted by molar-refractivity contribution is 1.09. The molecule has 0 aliphatic carbocycles. The van der Waals surface area contributed by atoms with E-state index in [1.54, 1.807) is 0 Å². The first kappa shape index (κ1) is 21.2. The topological polar surface area (TPSA) is 9.86 Å². The fraction of sp³-hybridized carbons (Fsp3) is 0. The van der Waals surface area contributed by atoms with Crippen molar-refractivity contribution in [1.29, 1.82) is 0 Å². The molecule has 1 aliphatic heterocycles. The molecule has 0 N–H and O–H groups in total. The normalized spacial score (nSPS) is 12.5. The van der Waals surface area contributed by atoms with Crippen LogP contribution in [0.5, 0.6) is 0 Å². The van der Waals surface area contributed by atoms with Crippen LogP contribution < -0.4 is 0 Å². The summed E-state index contributed by atoms with van der Waals surface area (Å²) >= 11 is 1.89. The third-order valence-corrected chi connectivity index (χ3v) is 9.30. The highest BCUT2D eigenvalue weighted by Gasteiger charge is 2.24. The largest absolute Gasteiger partial charge is 0.309 e. The lowest BCUT2D eigenvalue weighted by atomic mass is 10.0. The Labute approximate surface area is 229 Å². The summed E-state index contributed by atoms with van der Waals surface area (Å²) in [4.78, 5) is 2.62. The van der Waals surface area contributed by atoms with E-state index in [4.69, 9.17) is 0 Å². The van der Waals surface area contributed by atoms with Crippen LogP contribution in [0.15, 0.2) is 143 Å². The van der Waals surface area contributed by atoms with E-state index >= 15 is 0 Å². The highest BCUT2D eigenvalue weighted by molar-refractivity contribution is 8.00. The molecule has 0 bridgehead atoms. The Morgan fingerprint density at radius 3 is 1.69 bits per heavy atom. The van der Waals surface area contributed by atoms with Gasteiger partial charge in [-0.15, -0.1) is 0 Å². The molecule has 0 radical (unpaired) electrons. The van der Waals surface area contributed by atoms with Crippen LogP contribution in [-0.2, 0) is 0 Å². The molecule has 6 aromatic carbocycles. The molecule has 0 unspecified atom stereocenters. The van der Waals surface area contributed by atoms with Gasteiger partial charge in [-0.25, -0.2) is 0 Å². The monoisotopic (exact) mass is 514 g/mol. The van der Waals surface area contributed by atoms with Gasteiger partial charge in [-0.3, -0.25) is 0 Å². The molecule has 2 nitrogen and oxygen atoms in total. The standard InChI is InChI=1S/C36H22N2S/c1-4-14-30-26(9-1)27-10-2-5-15-31(27)37(30)24-21-19-23(20-22-24)25-12-7-17-33-36(25)39-34-18-8-13-29-28-11-3-6-16-32(28)38(33)35(29)34/h1-22H. The van der Waals surface area contributed by atoms with Gasteiger partial charge < -0.3 is 9.13 Å². The molecule has 0 saturated carbocycles. The number of hydrogen-bond donors (Lipinski definition) is 0. The van der Waals surface area contributed by atoms with Gasteiger partial charge in [0.1, 0.15) is 0 Å². The number of nitrogens with zero attached hydrogens (tertiary/aromatic N) is 2. The van der Waals surface area contributed by atoms with Crippen molar-refractivity contribution < 1.29 is 0 Å². The first-order valence-electron chi connectivity index (χ1n) is 13.3. The molecule has 0 spiro atoms. The third-order valence-electron chi connectivity index (χ3n) is 8.12. The fourth-order valence-electron chi connectivity index (χ4n) is 6.46. The van der Waals surface area contributed by atoms with E-state index in [0.29, 0.717) is 0 Å². The molecular formula is C36H22N2S. The molecule has 2 aromatic heterocycles. The lowest BCUT2D eigenvalue weighted by Gasteiger charge is -2.22. The van der Waals surface area contributed by atoms with Crippen molar-refractivity contribution in [3.63, 3.8) is 0 Å². The summed E-state index contributed by atoms with van der Waals surface area (Å²) in [5.74, 6) is 0. The van der Waals surface area contributed by atoms with Gasteiger partial charge in [0.25, 0.3) is 0 Å². The van der Waals surface area contributed by atoms with Crippen LogP contribution in [-0.4, -0.2) is 9.13 Å². The minimum absolute atomic E-state index is 1.18. The summed E-state index contributed by atoms with van der Waals surface area (Å²) in [6.07, 6.45) is 0. The van der Waals surface area contributed by atoms with Crippen LogP contribution in [0.1, 0.15) is 0 Å². The molecule has 9 rings (SSSR count). The van der Waals surface area contributed by atoms with Crippen molar-refractivity contribution in [2.45, 2.75) is 9.79 Å². The molecule has 39 heavy (non-hydrogen) atoms. The molecule has 182 valence electrons. The Bertz CT molecular complexity index is 2200. The van der Waals surface area contributed by atoms with Gasteiger partial charge in [-0.2, -0.15) is 0 Å². The van der Waals surface area contributed by atoms with Crippen LogP contribution in [0.2, 0.25) is 0 Å². The van der Waals surface area contributed by atoms with Crippen molar-refractivity contribution in [2.24, 2.45) is 0 Å². The molecule has 3 heterocycles. The maximum atomic E-state index is 2.46. The van der Waals surface area contributed by atoms with Crippen molar-refractivity contribution in [3.8, 4) is 22.5 Å². The Morgan fingerprint density at radius 1 is 0.436 bits per heavy atom. The molecular weight excluding hydrogens is 492 g/mol. The predicted molar refractivity (Wildman–Crippen MR) is 165 cm³/mol. The first-order valence-corrected chi connectivity index (χ1v) is 14.1. The van der Waals surface area contributed by atoms with Crippen molar-refractivity contribution in [3.05, 3.63) is 133 Å². The summed E-state index contributed by atoms with van der Waals surface area (Å²) in [6, 6.07) is 48.6. The minimum atomic E-state index is 1.18. The van der Waals surface area contributed by atoms with Gasteiger partial charge in [0, 0.05) is 37.0 Å². The zero-order chi connectivity index (χ0) is 25.5. The van der Waals surface area contributed by atoms with E-state index in [1.807, 2.05) is 11.8 Å². The summed E-state index contributed by atoms with van der Waals surface area (Å²) in [5, 5.41) is 5.20. The minimum Gasteiger partial charge on any atom is -0.309 e. The second kappa shape index (κ2) is 7.89. The highest BCUT2D eigenvalue weighted by Crippen LogP contribution is 2.49. The van der Waals surface area contributed by atoms with Crippen LogP contribution in [0.3, 0.4) is 0 Å². The van der Waals surface area contributed by atoms with Gasteiger partial charge in [0.15, 0.2) is 0 Å². The van der Waals surface area contributed by atoms with Crippen molar-refractivity contribution in [1.82, 2.24) is 9.13 Å². The Kier molecular flexibility index (Phi) is 4.29. The van der Waals surface area contributed by atoms with Crippen LogP contribution >= 0.6 is 11.8 Å². The molecule has 0 amide bonds. The van der Waals surface area contributed by atoms with E-state index in [0.717, 1.165) is 0 Å². The summed E-state index contributed by atoms with van der Waals surface area (Å²) in [7, 11) is 0. The van der Waals surface area contributed by atoms with E-state index in [9.17, 15) is 0 Å². The second-order valence-corrected chi connectivity index (χ2v) is 11.2. The lowest BCUT2D eigenvalue weighted by Crippen LogP contribution is -2.03. The Morgan fingerprint density at radius 2 is 1.00 bits per heavy atom. The van der Waals surface area contributed by atoms with E-state index < -0.39 is 0 Å². The van der Waals surface area contributed by atoms with Gasteiger partial charge in [-0.05, 0) is 53.6 Å². The van der Waals surface area contributed by atoms with Crippen molar-refractivity contribution >= 4 is 55.4 Å². The van der Waals surface area contributed by atoms with Crippen LogP contribution in [0, 0.1) is 0 Å². The van der Waals surface area contributed by atoms with E-state index in [2.05, 4.69) is 143 Å². The Balaban J connectivity index is 1.23. The average Bonchev–Trinajstić information content (AvgIpc) is 3.52. The zero-order valence-corrected chi connectivity index (χ0v) is 21.8. The molecule has 0 atom stereocenters. The van der Waals surface area contributed by atoms with Gasteiger partial charge in [0.2, 0.25) is 0 Å². The van der Waals surface area contributed by atoms with Gasteiger partial charge in [0.05, 0.1) is 27.8 Å². The maximum Gasteiger partial charge on any atom is 0.0681 e. The van der Waals surface area contributed by atoms with E-state index in [-0.39, 0.29) is 0 Å². The SMILES string of the molecule is c1cc(-c2ccc(-n3c4ccccc4c4ccccc43)cc2)c2c(c1)-n1c3ccccc3c3cccc(c31)S2. The number of rotatable bonds is 2. The quantitative estimate of drug-likeness (QED) is 0.223. The molecule has 3 heteroatoms. The van der Waals surface area contributed by atoms with Gasteiger partial charge >= 0.3 is 0 Å². The molecule has 8 aromatic rings. The molecule has 1 aliphatic rings. The van der Waals surface area contributed by atoms with Gasteiger partial charge in [-0.1, -0.05) is 103 Å². The number of benzene rings is 6. The first-order chi connectivity index (χ1) is 19.4. The van der Waals surface area contributed by atoms with Crippen molar-refractivity contribution in [2.75, 3.05) is 0 Å². The molecule has 0 saturated heterocycles. The number of para-hydroxylation sites is 4. The summed E-state index contributed by atoms with van der Waals surface area (Å²) < 4.78 is 4.84. The predicted octanol–water partition coefficient (Wildman–Crippen LogP) is 10.0. The molecule has 0 fully saturated rings. The van der Waals surface area contributed by atoms with Crippen LogP contribution in [0.4, 0.5) is 0 Å². The number of fused-ring (bicyclic) bond motifs is 8. The smallest absolute Gasteiger partial charge is 0.0681 e. The zero-order valence-electron chi connectivity index (χ0n) is 21.0. The maximum absolute atomic E-state index is 2.46. The average molecular weight is 515 g/mol. The second-order valence-electron chi connectivity index (χ2n) is 10.2. The third kappa shape index (κ3) is 2.88. The van der Waals surface area contributed by atoms with Crippen LogP contribution in [0.25, 0.3) is 66.1 Å². The highest BCUT2D eigenvalue weighted by atomic mass is 32.2. The number of hydrogen-bond acceptors (Lipinski definition) is 1. The fourth-order valence-corrected chi connectivity index (χ4v) is 7.68.